The van der Waals surface area contributed by atoms with Crippen molar-refractivity contribution in [3.63, 3.8) is 0 Å². The molecule has 0 unspecified atom stereocenters. The molecule has 0 bridgehead atoms. The fourth-order valence-electron chi connectivity index (χ4n) is 3.33. The van der Waals surface area contributed by atoms with E-state index in [0.29, 0.717) is 35.4 Å². The zero-order valence-corrected chi connectivity index (χ0v) is 15.9. The van der Waals surface area contributed by atoms with Crippen LogP contribution in [0.4, 0.5) is 11.5 Å². The van der Waals surface area contributed by atoms with Gasteiger partial charge in [-0.15, -0.1) is 0 Å². The average Bonchev–Trinajstić information content (AvgIpc) is 3.02. The van der Waals surface area contributed by atoms with Crippen LogP contribution in [0.5, 0.6) is 0 Å². The predicted molar refractivity (Wildman–Crippen MR) is 105 cm³/mol. The number of aryl methyl sites for hydroxylation is 1. The number of nitrogens with one attached hydrogen (secondary N) is 1. The molecule has 1 aliphatic carbocycles. The van der Waals surface area contributed by atoms with Crippen LogP contribution >= 0.6 is 0 Å². The smallest absolute Gasteiger partial charge is 0.221 e. The van der Waals surface area contributed by atoms with Crippen LogP contribution in [0.15, 0.2) is 35.1 Å². The van der Waals surface area contributed by atoms with E-state index in [0.717, 1.165) is 31.6 Å². The maximum atomic E-state index is 11.7. The number of aliphatic imine (C=N–C) groups is 1. The van der Waals surface area contributed by atoms with E-state index in [4.69, 9.17) is 5.73 Å². The van der Waals surface area contributed by atoms with Gasteiger partial charge in [-0.1, -0.05) is 0 Å². The summed E-state index contributed by atoms with van der Waals surface area (Å²) in [6.45, 7) is 6.13. The number of carbonyl (C=O) groups is 1. The van der Waals surface area contributed by atoms with Crippen molar-refractivity contribution < 1.29 is 14.5 Å². The van der Waals surface area contributed by atoms with Crippen molar-refractivity contribution in [2.75, 3.05) is 25.4 Å². The number of piperidine rings is 1. The molecule has 1 amide bonds. The Morgan fingerprint density at radius 3 is 2.78 bits per heavy atom. The van der Waals surface area contributed by atoms with E-state index < -0.39 is 0 Å². The van der Waals surface area contributed by atoms with E-state index in [1.54, 1.807) is 10.9 Å². The van der Waals surface area contributed by atoms with Crippen molar-refractivity contribution in [2.45, 2.75) is 33.2 Å². The van der Waals surface area contributed by atoms with Gasteiger partial charge in [-0.3, -0.25) is 4.79 Å². The molecule has 1 aliphatic heterocycles. The van der Waals surface area contributed by atoms with Gasteiger partial charge >= 0.3 is 0 Å². The van der Waals surface area contributed by atoms with E-state index in [1.807, 2.05) is 25.2 Å². The van der Waals surface area contributed by atoms with E-state index in [9.17, 15) is 9.90 Å². The topological polar surface area (TPSA) is 109 Å². The number of nitrogen functional groups attached to an aromatic ring is 1. The van der Waals surface area contributed by atoms with Crippen molar-refractivity contribution in [1.82, 2.24) is 15.1 Å². The Balaban J connectivity index is 1.91. The Bertz CT molecular complexity index is 836. The summed E-state index contributed by atoms with van der Waals surface area (Å²) >= 11 is 0. The second-order valence-corrected chi connectivity index (χ2v) is 6.84. The van der Waals surface area contributed by atoms with E-state index in [-0.39, 0.29) is 12.5 Å². The summed E-state index contributed by atoms with van der Waals surface area (Å²) < 4.78 is 3.95. The number of allylic oxidation sites excluding steroid dienone is 3. The Morgan fingerprint density at radius 2 is 2.19 bits per heavy atom. The molecule has 0 saturated carbocycles. The molecule has 1 saturated heterocycles. The van der Waals surface area contributed by atoms with E-state index >= 15 is 0 Å². The van der Waals surface area contributed by atoms with E-state index in [1.165, 1.54) is 6.92 Å². The molecule has 2 aliphatic rings. The summed E-state index contributed by atoms with van der Waals surface area (Å²) in [6.07, 6.45) is 9.39. The number of carbonyl (C=O) groups excluding carboxylic acids is 1. The quantitative estimate of drug-likeness (QED) is 0.542. The van der Waals surface area contributed by atoms with Crippen LogP contribution in [0.2, 0.25) is 0 Å². The van der Waals surface area contributed by atoms with Crippen molar-refractivity contribution in [3.05, 3.63) is 30.1 Å². The number of aliphatic hydroxyl groups is 1. The van der Waals surface area contributed by atoms with Crippen LogP contribution < -0.4 is 11.1 Å². The van der Waals surface area contributed by atoms with Crippen molar-refractivity contribution in [3.8, 4) is 0 Å². The highest BCUT2D eigenvalue weighted by atomic mass is 16.3. The molecule has 0 radical (unpaired) electrons. The van der Waals surface area contributed by atoms with Gasteiger partial charge < -0.3 is 16.2 Å². The largest absolute Gasteiger partial charge is 0.396 e. The van der Waals surface area contributed by atoms with Crippen LogP contribution in [0.1, 0.15) is 26.7 Å². The standard InChI is InChI=1S/C19H26N6O2/c1-3-25-19(20)18(11-21-25)23-16-5-4-15(10-17(16)22-13(2)27)24-8-6-14(12-26)7-9-24/h4-5,10-11,14,26H,3,6-9,12H2,1-2H3,(H2,20,21,22,27)/p+1. The van der Waals surface area contributed by atoms with E-state index in [2.05, 4.69) is 20.0 Å². The highest BCUT2D eigenvalue weighted by Crippen LogP contribution is 2.23. The lowest BCUT2D eigenvalue weighted by Gasteiger charge is -2.20. The Labute approximate surface area is 158 Å². The van der Waals surface area contributed by atoms with Gasteiger partial charge in [0.05, 0.1) is 17.6 Å². The zero-order valence-electron chi connectivity index (χ0n) is 15.9. The number of nitrogens with zero attached hydrogens (tertiary/aromatic N) is 4. The number of aromatic nitrogens is 2. The number of aliphatic hydroxyl groups excluding tert-OH is 1. The first-order valence-corrected chi connectivity index (χ1v) is 9.32. The van der Waals surface area contributed by atoms with Gasteiger partial charge in [0.2, 0.25) is 11.6 Å². The summed E-state index contributed by atoms with van der Waals surface area (Å²) in [6, 6.07) is 0. The van der Waals surface area contributed by atoms with Crippen LogP contribution in [0, 0.1) is 5.92 Å². The van der Waals surface area contributed by atoms with Crippen LogP contribution in [0.3, 0.4) is 0 Å². The van der Waals surface area contributed by atoms with Crippen LogP contribution in [-0.4, -0.2) is 56.5 Å². The third kappa shape index (κ3) is 4.33. The van der Waals surface area contributed by atoms with Gasteiger partial charge in [-0.2, -0.15) is 5.10 Å². The second-order valence-electron chi connectivity index (χ2n) is 6.84. The average molecular weight is 371 g/mol. The normalized spacial score (nSPS) is 21.5. The molecule has 4 N–H and O–H groups in total. The Hall–Kier alpha value is -2.74. The number of amides is 1. The van der Waals surface area contributed by atoms with Crippen molar-refractivity contribution in [2.24, 2.45) is 10.9 Å². The first-order valence-electron chi connectivity index (χ1n) is 9.32. The Kier molecular flexibility index (Phi) is 5.85. The lowest BCUT2D eigenvalue weighted by molar-refractivity contribution is -0.539. The molecule has 1 fully saturated rings. The lowest BCUT2D eigenvalue weighted by atomic mass is 9.98. The van der Waals surface area contributed by atoms with Gasteiger partial charge in [0, 0.05) is 45.1 Å². The molecule has 2 heterocycles. The van der Waals surface area contributed by atoms with Crippen molar-refractivity contribution in [1.29, 1.82) is 0 Å². The van der Waals surface area contributed by atoms with Gasteiger partial charge in [0.25, 0.3) is 0 Å². The number of hydrogen-bond acceptors (Lipinski definition) is 5. The van der Waals surface area contributed by atoms with Gasteiger partial charge in [0.1, 0.15) is 24.6 Å². The monoisotopic (exact) mass is 371 g/mol. The first kappa shape index (κ1) is 19.0. The Morgan fingerprint density at radius 1 is 1.44 bits per heavy atom. The maximum absolute atomic E-state index is 11.7. The SMILES string of the molecule is CCn1ncc(/N=C2/C=CC(=[N+]3CCC(CO)CC3)C=C2NC(C)=O)c1N. The molecule has 0 atom stereocenters. The molecule has 0 spiro atoms. The lowest BCUT2D eigenvalue weighted by Crippen LogP contribution is -2.33. The van der Waals surface area contributed by atoms with Gasteiger partial charge in [-0.25, -0.2) is 14.2 Å². The molecule has 1 aromatic rings. The molecule has 27 heavy (non-hydrogen) atoms. The molecule has 0 aromatic carbocycles. The first-order chi connectivity index (χ1) is 13.0. The van der Waals surface area contributed by atoms with Gasteiger partial charge in [0.15, 0.2) is 0 Å². The molecule has 8 heteroatoms. The summed E-state index contributed by atoms with van der Waals surface area (Å²) in [5, 5.41) is 16.4. The fraction of sp³-hybridized carbons (Fsp3) is 0.474. The van der Waals surface area contributed by atoms with Crippen LogP contribution in [-0.2, 0) is 11.3 Å². The number of nitrogens with two attached hydrogens (primary N) is 1. The molecule has 144 valence electrons. The number of anilines is 1. The zero-order chi connectivity index (χ0) is 19.4. The van der Waals surface area contributed by atoms with Gasteiger partial charge in [-0.05, 0) is 18.9 Å². The summed E-state index contributed by atoms with van der Waals surface area (Å²) in [7, 11) is 0. The minimum atomic E-state index is -0.153. The van der Waals surface area contributed by atoms with Crippen molar-refractivity contribution >= 4 is 28.8 Å². The fourth-order valence-corrected chi connectivity index (χ4v) is 3.33. The predicted octanol–water partition coefficient (Wildman–Crippen LogP) is 1.00. The minimum absolute atomic E-state index is 0.153. The molecule has 3 rings (SSSR count). The third-order valence-electron chi connectivity index (χ3n) is 4.93. The second kappa shape index (κ2) is 8.30. The summed E-state index contributed by atoms with van der Waals surface area (Å²) in [4.78, 5) is 16.3. The maximum Gasteiger partial charge on any atom is 0.221 e. The highest BCUT2D eigenvalue weighted by molar-refractivity contribution is 6.21. The highest BCUT2D eigenvalue weighted by Gasteiger charge is 2.24. The molecular formula is C19H27N6O2+. The molecule has 1 aromatic heterocycles. The molecule has 8 nitrogen and oxygen atoms in total. The number of rotatable bonds is 4. The van der Waals surface area contributed by atoms with Crippen LogP contribution in [0.25, 0.3) is 0 Å². The summed E-state index contributed by atoms with van der Waals surface area (Å²) in [5.74, 6) is 0.727. The summed E-state index contributed by atoms with van der Waals surface area (Å²) in [5.41, 5.74) is 8.98. The molecular weight excluding hydrogens is 344 g/mol. The third-order valence-corrected chi connectivity index (χ3v) is 4.93. The number of hydrogen-bond donors (Lipinski definition) is 3. The minimum Gasteiger partial charge on any atom is -0.396 e.